The second kappa shape index (κ2) is 8.07. The molecule has 1 N–H and O–H groups in total. The van der Waals surface area contributed by atoms with Crippen LogP contribution in [0.3, 0.4) is 0 Å². The van der Waals surface area contributed by atoms with E-state index in [1.165, 1.54) is 6.92 Å². The zero-order valence-corrected chi connectivity index (χ0v) is 17.8. The normalized spacial score (nSPS) is 19.2. The number of fused-ring (bicyclic) bond motifs is 4. The van der Waals surface area contributed by atoms with Gasteiger partial charge in [0.05, 0.1) is 0 Å². The first-order valence-corrected chi connectivity index (χ1v) is 10.8. The molecule has 1 aromatic carbocycles. The van der Waals surface area contributed by atoms with Crippen molar-refractivity contribution >= 4 is 17.5 Å². The summed E-state index contributed by atoms with van der Waals surface area (Å²) in [5.41, 5.74) is 3.82. The standard InChI is InChI=1S/C25H24N4O3/c1-16(30)27-21-4-2-18(3-5-21)22-6-7-23-20-12-17(14-29(23)25(22)32)13-28(15-20)24(31)19-8-10-26-11-9-19/h2-11,17,20H,12-15H2,1H3,(H,27,30)/t17-,20-/m1/s1. The van der Waals surface area contributed by atoms with Crippen molar-refractivity contribution < 1.29 is 9.59 Å². The van der Waals surface area contributed by atoms with Crippen LogP contribution >= 0.6 is 0 Å². The van der Waals surface area contributed by atoms with Gasteiger partial charge in [-0.3, -0.25) is 19.4 Å². The minimum absolute atomic E-state index is 0.00149. The van der Waals surface area contributed by atoms with Gasteiger partial charge in [-0.25, -0.2) is 0 Å². The molecule has 2 bridgehead atoms. The van der Waals surface area contributed by atoms with E-state index in [4.69, 9.17) is 0 Å². The predicted molar refractivity (Wildman–Crippen MR) is 121 cm³/mol. The molecule has 2 aromatic heterocycles. The van der Waals surface area contributed by atoms with Gasteiger partial charge in [-0.05, 0) is 54.3 Å². The fourth-order valence-corrected chi connectivity index (χ4v) is 4.94. The van der Waals surface area contributed by atoms with E-state index in [1.54, 1.807) is 36.7 Å². The van der Waals surface area contributed by atoms with Crippen molar-refractivity contribution in [1.82, 2.24) is 14.5 Å². The average Bonchev–Trinajstić information content (AvgIpc) is 2.80. The molecule has 7 heteroatoms. The van der Waals surface area contributed by atoms with Gasteiger partial charge >= 0.3 is 0 Å². The Morgan fingerprint density at radius 2 is 1.72 bits per heavy atom. The summed E-state index contributed by atoms with van der Waals surface area (Å²) in [6.45, 7) is 3.34. The number of amides is 2. The number of hydrogen-bond acceptors (Lipinski definition) is 4. The molecule has 0 spiro atoms. The van der Waals surface area contributed by atoms with Crippen LogP contribution in [0.25, 0.3) is 11.1 Å². The summed E-state index contributed by atoms with van der Waals surface area (Å²) in [5.74, 6) is 0.294. The Bertz CT molecular complexity index is 1230. The first-order valence-electron chi connectivity index (χ1n) is 10.8. The number of pyridine rings is 2. The summed E-state index contributed by atoms with van der Waals surface area (Å²) in [5, 5.41) is 2.74. The maximum Gasteiger partial charge on any atom is 0.258 e. The lowest BCUT2D eigenvalue weighted by molar-refractivity contribution is -0.114. The zero-order valence-electron chi connectivity index (χ0n) is 17.8. The van der Waals surface area contributed by atoms with Crippen LogP contribution in [0.1, 0.15) is 35.3 Å². The average molecular weight is 428 g/mol. The highest BCUT2D eigenvalue weighted by molar-refractivity contribution is 5.94. The highest BCUT2D eigenvalue weighted by atomic mass is 16.2. The molecule has 0 unspecified atom stereocenters. The zero-order chi connectivity index (χ0) is 22.2. The van der Waals surface area contributed by atoms with Gasteiger partial charge in [0.15, 0.2) is 0 Å². The van der Waals surface area contributed by atoms with E-state index in [1.807, 2.05) is 33.7 Å². The maximum atomic E-state index is 13.4. The fourth-order valence-electron chi connectivity index (χ4n) is 4.94. The van der Waals surface area contributed by atoms with Gasteiger partial charge in [0.1, 0.15) is 0 Å². The predicted octanol–water partition coefficient (Wildman–Crippen LogP) is 3.13. The van der Waals surface area contributed by atoms with E-state index in [2.05, 4.69) is 10.3 Å². The highest BCUT2D eigenvalue weighted by Crippen LogP contribution is 2.36. The summed E-state index contributed by atoms with van der Waals surface area (Å²) in [6, 6.07) is 14.7. The van der Waals surface area contributed by atoms with Gasteiger partial charge in [0.25, 0.3) is 11.5 Å². The van der Waals surface area contributed by atoms with Gasteiger partial charge in [-0.2, -0.15) is 0 Å². The quantitative estimate of drug-likeness (QED) is 0.695. The van der Waals surface area contributed by atoms with E-state index in [9.17, 15) is 14.4 Å². The van der Waals surface area contributed by atoms with Crippen LogP contribution in [0.2, 0.25) is 0 Å². The lowest BCUT2D eigenvalue weighted by Gasteiger charge is -2.43. The molecular formula is C25H24N4O3. The third-order valence-electron chi connectivity index (χ3n) is 6.34. The van der Waals surface area contributed by atoms with Crippen molar-refractivity contribution in [2.24, 2.45) is 5.92 Å². The van der Waals surface area contributed by atoms with Gasteiger partial charge in [-0.1, -0.05) is 12.1 Å². The lowest BCUT2D eigenvalue weighted by atomic mass is 9.82. The molecule has 2 atom stereocenters. The van der Waals surface area contributed by atoms with Crippen molar-refractivity contribution in [2.75, 3.05) is 18.4 Å². The van der Waals surface area contributed by atoms with Crippen LogP contribution in [-0.4, -0.2) is 39.4 Å². The first kappa shape index (κ1) is 20.2. The minimum Gasteiger partial charge on any atom is -0.338 e. The monoisotopic (exact) mass is 428 g/mol. The van der Waals surface area contributed by atoms with Gasteiger partial charge < -0.3 is 14.8 Å². The topological polar surface area (TPSA) is 84.3 Å². The second-order valence-corrected chi connectivity index (χ2v) is 8.59. The van der Waals surface area contributed by atoms with Crippen LogP contribution in [0.15, 0.2) is 65.7 Å². The number of aromatic nitrogens is 2. The molecule has 3 aromatic rings. The highest BCUT2D eigenvalue weighted by Gasteiger charge is 2.36. The number of nitrogens with one attached hydrogen (secondary N) is 1. The molecular weight excluding hydrogens is 404 g/mol. The molecule has 2 amide bonds. The number of nitrogens with zero attached hydrogens (tertiary/aromatic N) is 3. The van der Waals surface area contributed by atoms with Crippen LogP contribution in [0.5, 0.6) is 0 Å². The van der Waals surface area contributed by atoms with E-state index >= 15 is 0 Å². The van der Waals surface area contributed by atoms with Crippen molar-refractivity contribution in [3.05, 3.63) is 82.5 Å². The van der Waals surface area contributed by atoms with Gasteiger partial charge in [0, 0.05) is 67.4 Å². The number of hydrogen-bond donors (Lipinski definition) is 1. The summed E-state index contributed by atoms with van der Waals surface area (Å²) >= 11 is 0. The molecule has 5 rings (SSSR count). The summed E-state index contributed by atoms with van der Waals surface area (Å²) in [4.78, 5) is 43.4. The largest absolute Gasteiger partial charge is 0.338 e. The van der Waals surface area contributed by atoms with E-state index in [0.29, 0.717) is 36.4 Å². The number of carbonyl (C=O) groups excluding carboxylic acids is 2. The van der Waals surface area contributed by atoms with Crippen LogP contribution in [0.4, 0.5) is 5.69 Å². The Morgan fingerprint density at radius 1 is 0.969 bits per heavy atom. The number of piperidine rings is 1. The number of rotatable bonds is 3. The van der Waals surface area contributed by atoms with E-state index in [0.717, 1.165) is 17.7 Å². The van der Waals surface area contributed by atoms with Gasteiger partial charge in [0.2, 0.25) is 5.91 Å². The molecule has 2 aliphatic rings. The first-order chi connectivity index (χ1) is 15.5. The van der Waals surface area contributed by atoms with E-state index < -0.39 is 0 Å². The molecule has 32 heavy (non-hydrogen) atoms. The summed E-state index contributed by atoms with van der Waals surface area (Å²) < 4.78 is 1.89. The Kier molecular flexibility index (Phi) is 5.09. The van der Waals surface area contributed by atoms with Crippen LogP contribution in [-0.2, 0) is 11.3 Å². The minimum atomic E-state index is -0.130. The molecule has 2 aliphatic heterocycles. The van der Waals surface area contributed by atoms with Crippen molar-refractivity contribution in [3.63, 3.8) is 0 Å². The Balaban J connectivity index is 1.42. The molecule has 0 saturated carbocycles. The fraction of sp³-hybridized carbons (Fsp3) is 0.280. The molecule has 1 fully saturated rings. The number of anilines is 1. The molecule has 162 valence electrons. The van der Waals surface area contributed by atoms with Crippen molar-refractivity contribution in [3.8, 4) is 11.1 Å². The second-order valence-electron chi connectivity index (χ2n) is 8.59. The molecule has 0 aliphatic carbocycles. The number of carbonyl (C=O) groups is 2. The molecule has 1 saturated heterocycles. The SMILES string of the molecule is CC(=O)Nc1ccc(-c2ccc3n(c2=O)C[C@@H]2C[C@@H]3CN(C(=O)c3ccncc3)C2)cc1. The molecule has 4 heterocycles. The van der Waals surface area contributed by atoms with E-state index in [-0.39, 0.29) is 29.2 Å². The van der Waals surface area contributed by atoms with Crippen LogP contribution in [0, 0.1) is 5.92 Å². The Labute approximate surface area is 185 Å². The van der Waals surface area contributed by atoms with Gasteiger partial charge in [-0.15, -0.1) is 0 Å². The summed E-state index contributed by atoms with van der Waals surface area (Å²) in [6.07, 6.45) is 4.26. The van der Waals surface area contributed by atoms with Crippen LogP contribution < -0.4 is 10.9 Å². The summed E-state index contributed by atoms with van der Waals surface area (Å²) in [7, 11) is 0. The van der Waals surface area contributed by atoms with Crippen molar-refractivity contribution in [2.45, 2.75) is 25.8 Å². The Morgan fingerprint density at radius 3 is 2.44 bits per heavy atom. The third-order valence-corrected chi connectivity index (χ3v) is 6.34. The Hall–Kier alpha value is -3.74. The molecule has 7 nitrogen and oxygen atoms in total. The molecule has 0 radical (unpaired) electrons. The number of likely N-dealkylation sites (tertiary alicyclic amines) is 1. The number of benzene rings is 1. The van der Waals surface area contributed by atoms with Crippen molar-refractivity contribution in [1.29, 1.82) is 0 Å². The lowest BCUT2D eigenvalue weighted by Crippen LogP contribution is -2.49. The maximum absolute atomic E-state index is 13.4. The smallest absolute Gasteiger partial charge is 0.258 e. The third kappa shape index (κ3) is 3.70.